The van der Waals surface area contributed by atoms with Gasteiger partial charge in [-0.25, -0.2) is 4.39 Å². The van der Waals surface area contributed by atoms with Crippen molar-refractivity contribution in [2.24, 2.45) is 0 Å². The lowest BCUT2D eigenvalue weighted by Gasteiger charge is -2.36. The minimum atomic E-state index is -0.183. The molecule has 0 N–H and O–H groups in total. The maximum Gasteiger partial charge on any atom is 0.123 e. The number of hydrogen-bond donors (Lipinski definition) is 0. The smallest absolute Gasteiger partial charge is 0.123 e. The summed E-state index contributed by atoms with van der Waals surface area (Å²) in [6, 6.07) is 24.1. The third-order valence-electron chi connectivity index (χ3n) is 6.42. The number of nitrogens with zero attached hydrogens (tertiary/aromatic N) is 2. The van der Waals surface area contributed by atoms with Crippen molar-refractivity contribution in [1.82, 2.24) is 4.90 Å². The van der Waals surface area contributed by atoms with Gasteiger partial charge in [-0.15, -0.1) is 0 Å². The average molecular weight is 399 g/mol. The number of allylic oxidation sites excluding steroid dienone is 1. The number of benzene rings is 3. The lowest BCUT2D eigenvalue weighted by Crippen LogP contribution is -2.46. The van der Waals surface area contributed by atoms with Crippen molar-refractivity contribution in [3.63, 3.8) is 0 Å². The molecule has 1 aliphatic heterocycles. The molecule has 0 unspecified atom stereocenters. The zero-order chi connectivity index (χ0) is 20.3. The van der Waals surface area contributed by atoms with E-state index in [0.717, 1.165) is 51.1 Å². The quantitative estimate of drug-likeness (QED) is 0.548. The van der Waals surface area contributed by atoms with E-state index in [1.165, 1.54) is 28.0 Å². The molecule has 2 aliphatic rings. The molecule has 0 radical (unpaired) electrons. The summed E-state index contributed by atoms with van der Waals surface area (Å²) in [5.74, 6) is -0.183. The Morgan fingerprint density at radius 2 is 1.47 bits per heavy atom. The molecule has 0 amide bonds. The Hall–Kier alpha value is -2.91. The fraction of sp³-hybridized carbons (Fsp3) is 0.259. The van der Waals surface area contributed by atoms with Crippen LogP contribution in [-0.4, -0.2) is 37.6 Å². The van der Waals surface area contributed by atoms with Crippen molar-refractivity contribution in [2.75, 3.05) is 37.6 Å². The topological polar surface area (TPSA) is 6.48 Å². The number of anilines is 1. The van der Waals surface area contributed by atoms with E-state index in [2.05, 4.69) is 64.4 Å². The van der Waals surface area contributed by atoms with E-state index < -0.39 is 0 Å². The first-order chi connectivity index (χ1) is 14.8. The summed E-state index contributed by atoms with van der Waals surface area (Å²) < 4.78 is 13.3. The number of hydrogen-bond acceptors (Lipinski definition) is 2. The standard InChI is InChI=1S/C27H27FN2/c28-23-12-9-21(10-13-23)25-7-4-8-26-22(11-14-27(25)26)15-16-29-17-19-30(20-18-29)24-5-2-1-3-6-24/h1-13H,14-20H2. The molecule has 152 valence electrons. The first-order valence-electron chi connectivity index (χ1n) is 10.9. The Morgan fingerprint density at radius 3 is 2.23 bits per heavy atom. The van der Waals surface area contributed by atoms with E-state index in [0.29, 0.717) is 0 Å². The van der Waals surface area contributed by atoms with Gasteiger partial charge in [0.2, 0.25) is 0 Å². The molecule has 3 aromatic rings. The molecule has 1 saturated heterocycles. The van der Waals surface area contributed by atoms with Crippen LogP contribution in [0.3, 0.4) is 0 Å². The van der Waals surface area contributed by atoms with Crippen molar-refractivity contribution in [2.45, 2.75) is 12.8 Å². The Labute approximate surface area is 178 Å². The summed E-state index contributed by atoms with van der Waals surface area (Å²) >= 11 is 0. The zero-order valence-corrected chi connectivity index (χ0v) is 17.2. The van der Waals surface area contributed by atoms with E-state index in [1.807, 2.05) is 12.1 Å². The fourth-order valence-corrected chi connectivity index (χ4v) is 4.73. The second-order valence-electron chi connectivity index (χ2n) is 8.19. The molecular weight excluding hydrogens is 371 g/mol. The molecule has 3 aromatic carbocycles. The molecule has 3 heteroatoms. The predicted octanol–water partition coefficient (Wildman–Crippen LogP) is 5.64. The largest absolute Gasteiger partial charge is 0.369 e. The lowest BCUT2D eigenvalue weighted by molar-refractivity contribution is 0.264. The van der Waals surface area contributed by atoms with Crippen LogP contribution in [0.5, 0.6) is 0 Å². The first-order valence-corrected chi connectivity index (χ1v) is 10.9. The highest BCUT2D eigenvalue weighted by Gasteiger charge is 2.21. The summed E-state index contributed by atoms with van der Waals surface area (Å²) in [7, 11) is 0. The van der Waals surface area contributed by atoms with Crippen molar-refractivity contribution in [3.05, 3.63) is 95.8 Å². The van der Waals surface area contributed by atoms with Crippen LogP contribution >= 0.6 is 0 Å². The molecule has 1 aliphatic carbocycles. The summed E-state index contributed by atoms with van der Waals surface area (Å²) in [5, 5.41) is 0. The van der Waals surface area contributed by atoms with Gasteiger partial charge in [0.05, 0.1) is 0 Å². The maximum absolute atomic E-state index is 13.3. The number of rotatable bonds is 5. The number of fused-ring (bicyclic) bond motifs is 1. The maximum atomic E-state index is 13.3. The highest BCUT2D eigenvalue weighted by atomic mass is 19.1. The monoisotopic (exact) mass is 398 g/mol. The minimum Gasteiger partial charge on any atom is -0.369 e. The Bertz CT molecular complexity index is 1030. The van der Waals surface area contributed by atoms with E-state index >= 15 is 0 Å². The van der Waals surface area contributed by atoms with Crippen molar-refractivity contribution >= 4 is 11.3 Å². The Kier molecular flexibility index (Phi) is 5.37. The van der Waals surface area contributed by atoms with Gasteiger partial charge in [0, 0.05) is 38.4 Å². The van der Waals surface area contributed by atoms with Gasteiger partial charge < -0.3 is 4.90 Å². The number of piperazine rings is 1. The van der Waals surface area contributed by atoms with E-state index in [4.69, 9.17) is 0 Å². The van der Waals surface area contributed by atoms with Crippen LogP contribution in [0.4, 0.5) is 10.1 Å². The van der Waals surface area contributed by atoms with Gasteiger partial charge in [-0.3, -0.25) is 4.90 Å². The summed E-state index contributed by atoms with van der Waals surface area (Å²) in [4.78, 5) is 5.07. The van der Waals surface area contributed by atoms with Gasteiger partial charge in [0.1, 0.15) is 5.82 Å². The Balaban J connectivity index is 1.21. The average Bonchev–Trinajstić information content (AvgIpc) is 3.22. The normalized spacial score (nSPS) is 16.4. The molecule has 0 atom stereocenters. The van der Waals surface area contributed by atoms with Crippen LogP contribution in [0, 0.1) is 5.82 Å². The second-order valence-corrected chi connectivity index (χ2v) is 8.19. The second kappa shape index (κ2) is 8.45. The molecule has 0 spiro atoms. The van der Waals surface area contributed by atoms with Crippen LogP contribution in [0.15, 0.2) is 78.9 Å². The molecule has 1 heterocycles. The van der Waals surface area contributed by atoms with Gasteiger partial charge in [-0.1, -0.05) is 54.6 Å². The Morgan fingerprint density at radius 1 is 0.733 bits per heavy atom. The van der Waals surface area contributed by atoms with Crippen LogP contribution in [0.25, 0.3) is 16.7 Å². The minimum absolute atomic E-state index is 0.183. The van der Waals surface area contributed by atoms with Gasteiger partial charge in [-0.2, -0.15) is 0 Å². The molecule has 2 nitrogen and oxygen atoms in total. The molecular formula is C27H27FN2. The fourth-order valence-electron chi connectivity index (χ4n) is 4.73. The van der Waals surface area contributed by atoms with Gasteiger partial charge in [0.15, 0.2) is 0 Å². The third-order valence-corrected chi connectivity index (χ3v) is 6.42. The number of halogens is 1. The lowest BCUT2D eigenvalue weighted by atomic mass is 9.94. The van der Waals surface area contributed by atoms with E-state index in [-0.39, 0.29) is 5.82 Å². The SMILES string of the molecule is Fc1ccc(-c2cccc3c2CC=C3CCN2CCN(c3ccccc3)CC2)cc1. The number of para-hydroxylation sites is 1. The third kappa shape index (κ3) is 3.90. The van der Waals surface area contributed by atoms with Crippen molar-refractivity contribution in [3.8, 4) is 11.1 Å². The summed E-state index contributed by atoms with van der Waals surface area (Å²) in [6.07, 6.45) is 4.45. The molecule has 1 fully saturated rings. The molecule has 30 heavy (non-hydrogen) atoms. The van der Waals surface area contributed by atoms with Crippen molar-refractivity contribution < 1.29 is 4.39 Å². The van der Waals surface area contributed by atoms with Gasteiger partial charge >= 0.3 is 0 Å². The summed E-state index contributed by atoms with van der Waals surface area (Å²) in [6.45, 7) is 5.52. The van der Waals surface area contributed by atoms with E-state index in [9.17, 15) is 4.39 Å². The highest BCUT2D eigenvalue weighted by molar-refractivity contribution is 5.81. The zero-order valence-electron chi connectivity index (χ0n) is 17.2. The summed E-state index contributed by atoms with van der Waals surface area (Å²) in [5.41, 5.74) is 7.88. The molecule has 0 aromatic heterocycles. The molecule has 0 saturated carbocycles. The molecule has 5 rings (SSSR count). The molecule has 0 bridgehead atoms. The van der Waals surface area contributed by atoms with Gasteiger partial charge in [-0.05, 0) is 64.9 Å². The van der Waals surface area contributed by atoms with E-state index in [1.54, 1.807) is 12.1 Å². The van der Waals surface area contributed by atoms with Gasteiger partial charge in [0.25, 0.3) is 0 Å². The first kappa shape index (κ1) is 19.1. The van der Waals surface area contributed by atoms with Crippen LogP contribution < -0.4 is 4.90 Å². The highest BCUT2D eigenvalue weighted by Crippen LogP contribution is 2.36. The van der Waals surface area contributed by atoms with Crippen LogP contribution in [-0.2, 0) is 6.42 Å². The van der Waals surface area contributed by atoms with Crippen molar-refractivity contribution in [1.29, 1.82) is 0 Å². The van der Waals surface area contributed by atoms with Crippen LogP contribution in [0.1, 0.15) is 17.5 Å². The van der Waals surface area contributed by atoms with Crippen LogP contribution in [0.2, 0.25) is 0 Å². The predicted molar refractivity (Wildman–Crippen MR) is 123 cm³/mol.